The second-order valence-electron chi connectivity index (χ2n) is 9.01. The number of alkyl halides is 12. The molecule has 4 nitrogen and oxygen atoms in total. The first-order valence-electron chi connectivity index (χ1n) is 11.2. The van der Waals surface area contributed by atoms with E-state index in [9.17, 15) is 52.7 Å². The molecule has 2 aliphatic heterocycles. The maximum absolute atomic E-state index is 14.6. The van der Waals surface area contributed by atoms with Crippen molar-refractivity contribution in [1.29, 1.82) is 0 Å². The van der Waals surface area contributed by atoms with Crippen molar-refractivity contribution < 1.29 is 61.7 Å². The Morgan fingerprint density at radius 1 is 0.488 bits per heavy atom. The molecule has 0 fully saturated rings. The summed E-state index contributed by atoms with van der Waals surface area (Å²) in [4.78, 5) is 3.49. The maximum atomic E-state index is 14.6. The van der Waals surface area contributed by atoms with E-state index in [0.717, 1.165) is 24.3 Å². The molecule has 0 aromatic heterocycles. The molecule has 0 saturated heterocycles. The van der Waals surface area contributed by atoms with E-state index >= 15 is 0 Å². The summed E-state index contributed by atoms with van der Waals surface area (Å²) in [6.45, 7) is 0. The van der Waals surface area contributed by atoms with Crippen LogP contribution < -0.4 is 10.6 Å². The van der Waals surface area contributed by atoms with Crippen molar-refractivity contribution in [2.24, 2.45) is 10.00 Å². The molecule has 17 heteroatoms. The van der Waals surface area contributed by atoms with Gasteiger partial charge in [-0.2, -0.15) is 0 Å². The number of nitrogens with zero attached hydrogens (tertiary/aromatic N) is 2. The molecule has 1 spiro atoms. The van der Waals surface area contributed by atoms with Crippen molar-refractivity contribution in [3.8, 4) is 0 Å². The third kappa shape index (κ3) is 3.56. The summed E-state index contributed by atoms with van der Waals surface area (Å²) in [6, 6.07) is 10.6. The normalized spacial score (nSPS) is 21.8. The fraction of sp³-hybridized carbons (Fsp3) is 0.250. The third-order valence-electron chi connectivity index (χ3n) is 6.70. The van der Waals surface area contributed by atoms with Crippen LogP contribution in [0.1, 0.15) is 11.1 Å². The first-order valence-corrected chi connectivity index (χ1v) is 13.2. The molecule has 0 atom stereocenters. The average molecular weight is 620 g/mol. The van der Waals surface area contributed by atoms with Crippen LogP contribution in [-0.4, -0.2) is 24.7 Å². The monoisotopic (exact) mass is 620 g/mol. The SMILES string of the molecule is FC(F)(F)C1(C(F)(F)F)OP2(N=Nc3ccccc3)(OC(C(F)(F)F)(C(F)(F)F)c3ccccc32)c2ccccc21. The topological polar surface area (TPSA) is 43.2 Å². The fourth-order valence-corrected chi connectivity index (χ4v) is 9.94. The molecule has 0 N–H and O–H groups in total. The minimum absolute atomic E-state index is 0.239. The van der Waals surface area contributed by atoms with Crippen LogP contribution in [0.4, 0.5) is 58.4 Å². The second kappa shape index (κ2) is 8.42. The zero-order valence-electron chi connectivity index (χ0n) is 19.7. The molecule has 0 unspecified atom stereocenters. The molecular formula is C24H13F12N2O2P. The Bertz CT molecular complexity index is 1410. The van der Waals surface area contributed by atoms with Crippen molar-refractivity contribution in [2.45, 2.75) is 35.9 Å². The van der Waals surface area contributed by atoms with Crippen LogP contribution in [0.5, 0.6) is 0 Å². The van der Waals surface area contributed by atoms with Crippen LogP contribution in [0.3, 0.4) is 0 Å². The van der Waals surface area contributed by atoms with Gasteiger partial charge in [-0.25, -0.2) is 0 Å². The van der Waals surface area contributed by atoms with Gasteiger partial charge in [-0.3, -0.25) is 0 Å². The number of benzene rings is 3. The third-order valence-corrected chi connectivity index (χ3v) is 10.8. The molecule has 3 aromatic carbocycles. The summed E-state index contributed by atoms with van der Waals surface area (Å²) in [6.07, 6.45) is -25.9. The van der Waals surface area contributed by atoms with Gasteiger partial charge in [-0.05, 0) is 0 Å². The van der Waals surface area contributed by atoms with E-state index in [2.05, 4.69) is 10.00 Å². The first-order chi connectivity index (χ1) is 18.8. The molecule has 220 valence electrons. The molecule has 0 radical (unpaired) electrons. The Kier molecular flexibility index (Phi) is 6.01. The Morgan fingerprint density at radius 2 is 0.829 bits per heavy atom. The Labute approximate surface area is 221 Å². The molecule has 0 bridgehead atoms. The molecule has 0 amide bonds. The van der Waals surface area contributed by atoms with Gasteiger partial charge >= 0.3 is 221 Å². The van der Waals surface area contributed by atoms with E-state index in [0.29, 0.717) is 24.3 Å². The number of hydrogen-bond acceptors (Lipinski definition) is 4. The van der Waals surface area contributed by atoms with E-state index in [1.807, 2.05) is 0 Å². The molecular weight excluding hydrogens is 607 g/mol. The quantitative estimate of drug-likeness (QED) is 0.164. The van der Waals surface area contributed by atoms with E-state index in [4.69, 9.17) is 9.05 Å². The van der Waals surface area contributed by atoms with Crippen molar-refractivity contribution in [2.75, 3.05) is 0 Å². The van der Waals surface area contributed by atoms with Crippen molar-refractivity contribution in [3.63, 3.8) is 0 Å². The van der Waals surface area contributed by atoms with E-state index in [1.54, 1.807) is 0 Å². The molecule has 0 saturated carbocycles. The molecule has 5 rings (SSSR count). The van der Waals surface area contributed by atoms with Crippen LogP contribution in [-0.2, 0) is 20.2 Å². The molecule has 3 aromatic rings. The van der Waals surface area contributed by atoms with E-state index < -0.39 is 64.9 Å². The van der Waals surface area contributed by atoms with Gasteiger partial charge < -0.3 is 0 Å². The predicted octanol–water partition coefficient (Wildman–Crippen LogP) is 8.42. The van der Waals surface area contributed by atoms with Gasteiger partial charge in [0.25, 0.3) is 0 Å². The second-order valence-corrected chi connectivity index (χ2v) is 12.3. The van der Waals surface area contributed by atoms with Crippen LogP contribution in [0, 0.1) is 0 Å². The molecule has 2 aliphatic rings. The molecule has 41 heavy (non-hydrogen) atoms. The zero-order valence-corrected chi connectivity index (χ0v) is 20.6. The van der Waals surface area contributed by atoms with Gasteiger partial charge in [0.05, 0.1) is 0 Å². The summed E-state index contributed by atoms with van der Waals surface area (Å²) in [5.41, 5.74) is -14.9. The standard InChI is InChI=1S/C24H13F12N2O2P/c25-21(26,27)19(22(28,29)30)15-10-4-6-12-17(15)41(39-19,38-37-14-8-2-1-3-9-14)18-13-7-5-11-16(18)20(40-41,23(31,32)33)24(34,35)36/h1-13H. The summed E-state index contributed by atoms with van der Waals surface area (Å²) in [7, 11) is -7.21. The van der Waals surface area contributed by atoms with Crippen LogP contribution >= 0.6 is 7.21 Å². The summed E-state index contributed by atoms with van der Waals surface area (Å²) in [5.74, 6) is 0. The van der Waals surface area contributed by atoms with Crippen molar-refractivity contribution in [1.82, 2.24) is 0 Å². The Balaban J connectivity index is 2.04. The predicted molar refractivity (Wildman–Crippen MR) is 120 cm³/mol. The van der Waals surface area contributed by atoms with E-state index in [-0.39, 0.29) is 17.8 Å². The van der Waals surface area contributed by atoms with Crippen LogP contribution in [0.25, 0.3) is 0 Å². The van der Waals surface area contributed by atoms with Crippen LogP contribution in [0.2, 0.25) is 0 Å². The zero-order chi connectivity index (χ0) is 30.4. The molecule has 0 aliphatic carbocycles. The Hall–Kier alpha value is -3.23. The minimum atomic E-state index is -7.21. The number of hydrogen-bond donors (Lipinski definition) is 0. The number of halogens is 12. The van der Waals surface area contributed by atoms with Gasteiger partial charge in [-0.1, -0.05) is 0 Å². The van der Waals surface area contributed by atoms with Gasteiger partial charge in [0.1, 0.15) is 0 Å². The van der Waals surface area contributed by atoms with Gasteiger partial charge in [0.15, 0.2) is 0 Å². The number of rotatable bonds is 2. The Morgan fingerprint density at radius 3 is 1.20 bits per heavy atom. The average Bonchev–Trinajstić information content (AvgIpc) is 3.32. The number of fused-ring (bicyclic) bond motifs is 4. The van der Waals surface area contributed by atoms with Crippen molar-refractivity contribution >= 4 is 23.5 Å². The first kappa shape index (κ1) is 29.3. The van der Waals surface area contributed by atoms with Gasteiger partial charge in [-0.15, -0.1) is 0 Å². The van der Waals surface area contributed by atoms with Gasteiger partial charge in [0, 0.05) is 0 Å². The van der Waals surface area contributed by atoms with Crippen LogP contribution in [0.15, 0.2) is 88.9 Å². The van der Waals surface area contributed by atoms with Crippen molar-refractivity contribution in [3.05, 3.63) is 90.0 Å². The summed E-state index contributed by atoms with van der Waals surface area (Å²) < 4.78 is 185. The van der Waals surface area contributed by atoms with Gasteiger partial charge in [0.2, 0.25) is 0 Å². The van der Waals surface area contributed by atoms with E-state index in [1.165, 1.54) is 18.2 Å². The summed E-state index contributed by atoms with van der Waals surface area (Å²) >= 11 is 0. The molecule has 2 heterocycles. The fourth-order valence-electron chi connectivity index (χ4n) is 5.08. The summed E-state index contributed by atoms with van der Waals surface area (Å²) in [5, 5.41) is 0.721.